The Labute approximate surface area is 145 Å². The van der Waals surface area contributed by atoms with Gasteiger partial charge in [-0.05, 0) is 29.0 Å². The molecule has 1 N–H and O–H groups in total. The minimum atomic E-state index is -0.279. The van der Waals surface area contributed by atoms with Crippen molar-refractivity contribution in [3.05, 3.63) is 78.1 Å². The van der Waals surface area contributed by atoms with Crippen molar-refractivity contribution in [2.45, 2.75) is 6.61 Å². The Bertz CT molecular complexity index is 1070. The molecule has 0 fully saturated rings. The maximum atomic E-state index is 12.8. The van der Waals surface area contributed by atoms with Crippen LogP contribution in [0.25, 0.3) is 21.7 Å². The highest BCUT2D eigenvalue weighted by atomic mass is 16.5. The van der Waals surface area contributed by atoms with E-state index in [0.717, 1.165) is 27.4 Å². The summed E-state index contributed by atoms with van der Waals surface area (Å²) >= 11 is 0. The molecule has 0 radical (unpaired) electrons. The van der Waals surface area contributed by atoms with Gasteiger partial charge in [0, 0.05) is 23.7 Å². The molecule has 4 heteroatoms. The van der Waals surface area contributed by atoms with E-state index in [1.54, 1.807) is 7.11 Å². The molecule has 3 aromatic carbocycles. The molecule has 4 rings (SSSR count). The number of ether oxygens (including phenoxy) is 1. The van der Waals surface area contributed by atoms with Crippen molar-refractivity contribution in [3.63, 3.8) is 0 Å². The largest absolute Gasteiger partial charge is 0.451 e. The molecule has 0 atom stereocenters. The average molecular weight is 331 g/mol. The number of fused-ring (bicyclic) bond motifs is 2. The van der Waals surface area contributed by atoms with Gasteiger partial charge in [0.25, 0.3) is 5.91 Å². The topological polar surface area (TPSA) is 51.5 Å². The standard InChI is InChI=1S/C21H17NO3/c1-24-13-18-17-8-4-5-9-19(17)25-20(18)21(23)22-16-11-10-14-6-2-3-7-15(14)12-16/h2-12H,13H2,1H3,(H,22,23). The number of amides is 1. The summed E-state index contributed by atoms with van der Waals surface area (Å²) in [5, 5.41) is 6.02. The van der Waals surface area contributed by atoms with E-state index in [-0.39, 0.29) is 11.7 Å². The molecule has 1 heterocycles. The van der Waals surface area contributed by atoms with Crippen molar-refractivity contribution in [1.82, 2.24) is 0 Å². The maximum Gasteiger partial charge on any atom is 0.291 e. The van der Waals surface area contributed by atoms with E-state index in [1.165, 1.54) is 0 Å². The highest BCUT2D eigenvalue weighted by Crippen LogP contribution is 2.27. The Morgan fingerprint density at radius 3 is 2.60 bits per heavy atom. The number of furan rings is 1. The maximum absolute atomic E-state index is 12.8. The lowest BCUT2D eigenvalue weighted by atomic mass is 10.1. The van der Waals surface area contributed by atoms with Crippen LogP contribution in [0.4, 0.5) is 5.69 Å². The number of methoxy groups -OCH3 is 1. The Hall–Kier alpha value is -3.11. The van der Waals surface area contributed by atoms with Crippen molar-refractivity contribution < 1.29 is 13.9 Å². The van der Waals surface area contributed by atoms with E-state index in [9.17, 15) is 4.79 Å². The summed E-state index contributed by atoms with van der Waals surface area (Å²) in [6, 6.07) is 21.4. The van der Waals surface area contributed by atoms with Crippen LogP contribution in [0.5, 0.6) is 0 Å². The van der Waals surface area contributed by atoms with Gasteiger partial charge < -0.3 is 14.5 Å². The highest BCUT2D eigenvalue weighted by molar-refractivity contribution is 6.07. The summed E-state index contributed by atoms with van der Waals surface area (Å²) in [7, 11) is 1.60. The molecule has 0 saturated heterocycles. The van der Waals surface area contributed by atoms with Gasteiger partial charge in [0.15, 0.2) is 5.76 Å². The van der Waals surface area contributed by atoms with Crippen molar-refractivity contribution in [1.29, 1.82) is 0 Å². The van der Waals surface area contributed by atoms with Crippen LogP contribution in [0.3, 0.4) is 0 Å². The molecule has 0 aliphatic carbocycles. The van der Waals surface area contributed by atoms with Gasteiger partial charge in [0.05, 0.1) is 6.61 Å². The van der Waals surface area contributed by atoms with E-state index in [0.29, 0.717) is 12.2 Å². The highest BCUT2D eigenvalue weighted by Gasteiger charge is 2.20. The fourth-order valence-corrected chi connectivity index (χ4v) is 3.02. The van der Waals surface area contributed by atoms with Gasteiger partial charge in [0.1, 0.15) is 5.58 Å². The summed E-state index contributed by atoms with van der Waals surface area (Å²) in [5.41, 5.74) is 2.17. The number of para-hydroxylation sites is 1. The lowest BCUT2D eigenvalue weighted by molar-refractivity contribution is 0.0992. The Morgan fingerprint density at radius 1 is 1.00 bits per heavy atom. The molecule has 0 unspecified atom stereocenters. The van der Waals surface area contributed by atoms with Crippen molar-refractivity contribution in [3.8, 4) is 0 Å². The minimum absolute atomic E-state index is 0.279. The molecule has 0 spiro atoms. The van der Waals surface area contributed by atoms with Crippen molar-refractivity contribution in [2.24, 2.45) is 0 Å². The zero-order valence-corrected chi connectivity index (χ0v) is 13.8. The van der Waals surface area contributed by atoms with E-state index in [4.69, 9.17) is 9.15 Å². The molecular weight excluding hydrogens is 314 g/mol. The molecule has 0 aliphatic heterocycles. The Kier molecular flexibility index (Phi) is 3.96. The first-order valence-corrected chi connectivity index (χ1v) is 8.06. The van der Waals surface area contributed by atoms with E-state index < -0.39 is 0 Å². The van der Waals surface area contributed by atoms with Gasteiger partial charge in [-0.15, -0.1) is 0 Å². The second-order valence-corrected chi connectivity index (χ2v) is 5.85. The van der Waals surface area contributed by atoms with E-state index in [2.05, 4.69) is 5.32 Å². The van der Waals surface area contributed by atoms with Gasteiger partial charge in [-0.25, -0.2) is 0 Å². The fourth-order valence-electron chi connectivity index (χ4n) is 3.02. The van der Waals surface area contributed by atoms with Gasteiger partial charge in [-0.2, -0.15) is 0 Å². The summed E-state index contributed by atoms with van der Waals surface area (Å²) in [6.45, 7) is 0.317. The lowest BCUT2D eigenvalue weighted by Crippen LogP contribution is -2.13. The predicted molar refractivity (Wildman–Crippen MR) is 98.8 cm³/mol. The van der Waals surface area contributed by atoms with Crippen molar-refractivity contribution in [2.75, 3.05) is 12.4 Å². The number of hydrogen-bond acceptors (Lipinski definition) is 3. The Balaban J connectivity index is 1.70. The van der Waals surface area contributed by atoms with Crippen LogP contribution in [0, 0.1) is 0 Å². The smallest absolute Gasteiger partial charge is 0.291 e. The summed E-state index contributed by atoms with van der Waals surface area (Å²) < 4.78 is 11.0. The predicted octanol–water partition coefficient (Wildman–Crippen LogP) is 4.98. The third kappa shape index (κ3) is 2.88. The summed E-state index contributed by atoms with van der Waals surface area (Å²) in [6.07, 6.45) is 0. The first kappa shape index (κ1) is 15.4. The second kappa shape index (κ2) is 6.42. The number of rotatable bonds is 4. The molecule has 0 saturated carbocycles. The molecule has 1 aromatic heterocycles. The zero-order chi connectivity index (χ0) is 17.2. The van der Waals surface area contributed by atoms with Crippen LogP contribution in [0.15, 0.2) is 71.1 Å². The van der Waals surface area contributed by atoms with E-state index >= 15 is 0 Å². The molecular formula is C21H17NO3. The van der Waals surface area contributed by atoms with Crippen LogP contribution >= 0.6 is 0 Å². The second-order valence-electron chi connectivity index (χ2n) is 5.85. The molecule has 1 amide bonds. The average Bonchev–Trinajstić information content (AvgIpc) is 3.01. The molecule has 25 heavy (non-hydrogen) atoms. The number of hydrogen-bond donors (Lipinski definition) is 1. The van der Waals surface area contributed by atoms with Crippen molar-refractivity contribution >= 4 is 33.3 Å². The molecule has 4 nitrogen and oxygen atoms in total. The summed E-state index contributed by atoms with van der Waals surface area (Å²) in [4.78, 5) is 12.8. The Morgan fingerprint density at radius 2 is 1.76 bits per heavy atom. The van der Waals surface area contributed by atoms with Gasteiger partial charge in [-0.3, -0.25) is 4.79 Å². The number of carbonyl (C=O) groups is 1. The first-order valence-electron chi connectivity index (χ1n) is 8.06. The number of carbonyl (C=O) groups excluding carboxylic acids is 1. The van der Waals surface area contributed by atoms with Crippen LogP contribution in [0.2, 0.25) is 0 Å². The SMILES string of the molecule is COCc1c(C(=O)Nc2ccc3ccccc3c2)oc2ccccc12. The quantitative estimate of drug-likeness (QED) is 0.573. The minimum Gasteiger partial charge on any atom is -0.451 e. The zero-order valence-electron chi connectivity index (χ0n) is 13.8. The molecule has 4 aromatic rings. The number of anilines is 1. The van der Waals surface area contributed by atoms with Crippen LogP contribution < -0.4 is 5.32 Å². The summed E-state index contributed by atoms with van der Waals surface area (Å²) in [5.74, 6) is 0.00902. The molecule has 124 valence electrons. The third-order valence-electron chi connectivity index (χ3n) is 4.20. The fraction of sp³-hybridized carbons (Fsp3) is 0.0952. The molecule has 0 bridgehead atoms. The number of nitrogens with one attached hydrogen (secondary N) is 1. The third-order valence-corrected chi connectivity index (χ3v) is 4.20. The van der Waals surface area contributed by atoms with Gasteiger partial charge in [-0.1, -0.05) is 48.5 Å². The normalized spacial score (nSPS) is 11.1. The monoisotopic (exact) mass is 331 g/mol. The van der Waals surface area contributed by atoms with E-state index in [1.807, 2.05) is 66.7 Å². The first-order chi connectivity index (χ1) is 12.3. The van der Waals surface area contributed by atoms with Crippen LogP contribution in [-0.2, 0) is 11.3 Å². The lowest BCUT2D eigenvalue weighted by Gasteiger charge is -2.06. The number of benzene rings is 3. The van der Waals surface area contributed by atoms with Crippen LogP contribution in [0.1, 0.15) is 16.1 Å². The molecule has 0 aliphatic rings. The van der Waals surface area contributed by atoms with Gasteiger partial charge >= 0.3 is 0 Å². The van der Waals surface area contributed by atoms with Gasteiger partial charge in [0.2, 0.25) is 0 Å². The van der Waals surface area contributed by atoms with Crippen LogP contribution in [-0.4, -0.2) is 13.0 Å².